The van der Waals surface area contributed by atoms with Crippen LogP contribution >= 0.6 is 0 Å². The van der Waals surface area contributed by atoms with Crippen LogP contribution in [0.25, 0.3) is 0 Å². The van der Waals surface area contributed by atoms with Gasteiger partial charge in [0.15, 0.2) is 5.78 Å². The fourth-order valence-corrected chi connectivity index (χ4v) is 6.22. The normalized spacial score (nSPS) is 11.2. The fourth-order valence-electron chi connectivity index (χ4n) is 6.22. The van der Waals surface area contributed by atoms with Crippen LogP contribution in [0.4, 0.5) is 13.2 Å². The van der Waals surface area contributed by atoms with Gasteiger partial charge in [-0.3, -0.25) is 4.79 Å². The number of alkyl halides is 3. The maximum Gasteiger partial charge on any atom is 0.402 e. The molecule has 0 saturated heterocycles. The van der Waals surface area contributed by atoms with Crippen LogP contribution in [0.1, 0.15) is 101 Å². The van der Waals surface area contributed by atoms with Gasteiger partial charge in [0.05, 0.1) is 0 Å². The molecule has 0 bridgehead atoms. The van der Waals surface area contributed by atoms with E-state index in [0.717, 1.165) is 56.0 Å². The lowest BCUT2D eigenvalue weighted by Crippen LogP contribution is -2.40. The molecule has 5 heteroatoms. The van der Waals surface area contributed by atoms with Gasteiger partial charge in [0.2, 0.25) is 0 Å². The van der Waals surface area contributed by atoms with Crippen molar-refractivity contribution in [1.82, 2.24) is 0 Å². The summed E-state index contributed by atoms with van der Waals surface area (Å²) >= 11 is 0. The molecule has 6 aromatic carbocycles. The summed E-state index contributed by atoms with van der Waals surface area (Å²) in [6.45, 7) is 25.3. The average molecular weight is 771 g/mol. The van der Waals surface area contributed by atoms with Crippen molar-refractivity contribution in [3.8, 4) is 11.5 Å². The quantitative estimate of drug-likeness (QED) is 0.158. The number of aryl methyl sites for hydroxylation is 12. The maximum absolute atomic E-state index is 13.9. The number of rotatable bonds is 6. The van der Waals surface area contributed by atoms with Gasteiger partial charge in [0.1, 0.15) is 16.9 Å². The second-order valence-corrected chi connectivity index (χ2v) is 15.7. The Labute approximate surface area is 338 Å². The van der Waals surface area contributed by atoms with E-state index >= 15 is 0 Å². The fraction of sp³-hybridized carbons (Fsp3) is 0.288. The van der Waals surface area contributed by atoms with Crippen molar-refractivity contribution in [1.29, 1.82) is 0 Å². The number of halogens is 3. The second-order valence-electron chi connectivity index (χ2n) is 15.7. The highest BCUT2D eigenvalue weighted by Crippen LogP contribution is 2.46. The number of hydrogen-bond acceptors (Lipinski definition) is 2. The lowest BCUT2D eigenvalue weighted by molar-refractivity contribution is -0.173. The van der Waals surface area contributed by atoms with E-state index in [2.05, 4.69) is 65.8 Å². The average Bonchev–Trinajstić information content (AvgIpc) is 3.15. The second kappa shape index (κ2) is 18.2. The highest BCUT2D eigenvalue weighted by atomic mass is 19.4. The van der Waals surface area contributed by atoms with E-state index < -0.39 is 11.6 Å². The molecule has 0 atom stereocenters. The first-order valence-electron chi connectivity index (χ1n) is 19.4. The first kappa shape index (κ1) is 44.3. The minimum absolute atomic E-state index is 0.0983. The van der Waals surface area contributed by atoms with Gasteiger partial charge in [-0.2, -0.15) is 13.2 Å². The van der Waals surface area contributed by atoms with Gasteiger partial charge in [0.25, 0.3) is 0 Å². The van der Waals surface area contributed by atoms with Gasteiger partial charge < -0.3 is 4.74 Å². The van der Waals surface area contributed by atoms with Gasteiger partial charge in [-0.25, -0.2) is 0 Å². The zero-order valence-corrected chi connectivity index (χ0v) is 35.8. The Bertz CT molecular complexity index is 2230. The number of carbonyl (C=O) groups excluding carboxylic acids is 1. The molecular formula is C52H57F3O2. The molecule has 298 valence electrons. The number of benzene rings is 6. The Balaban J connectivity index is 0.000000191. The molecule has 0 aromatic heterocycles. The van der Waals surface area contributed by atoms with Crippen LogP contribution in [-0.2, 0) is 5.41 Å². The van der Waals surface area contributed by atoms with Crippen LogP contribution in [0.15, 0.2) is 109 Å². The van der Waals surface area contributed by atoms with Crippen molar-refractivity contribution in [3.63, 3.8) is 0 Å². The third kappa shape index (κ3) is 10.7. The third-order valence-corrected chi connectivity index (χ3v) is 11.5. The first-order chi connectivity index (χ1) is 26.6. The van der Waals surface area contributed by atoms with Crippen molar-refractivity contribution >= 4 is 5.78 Å². The molecule has 6 aromatic rings. The van der Waals surface area contributed by atoms with E-state index in [1.807, 2.05) is 90.1 Å². The molecule has 57 heavy (non-hydrogen) atoms. The molecule has 0 N–H and O–H groups in total. The minimum Gasteiger partial charge on any atom is -0.457 e. The summed E-state index contributed by atoms with van der Waals surface area (Å²) in [6.07, 6.45) is -4.36. The van der Waals surface area contributed by atoms with E-state index in [0.29, 0.717) is 0 Å². The zero-order valence-electron chi connectivity index (χ0n) is 35.8. The largest absolute Gasteiger partial charge is 0.457 e. The molecule has 6 rings (SSSR count). The monoisotopic (exact) mass is 770 g/mol. The summed E-state index contributed by atoms with van der Waals surface area (Å²) in [5.74, 6) is 1.90. The molecule has 2 nitrogen and oxygen atoms in total. The third-order valence-electron chi connectivity index (χ3n) is 11.5. The summed E-state index contributed by atoms with van der Waals surface area (Å²) < 4.78 is 47.7. The van der Waals surface area contributed by atoms with Crippen molar-refractivity contribution in [3.05, 3.63) is 198 Å². The van der Waals surface area contributed by atoms with Crippen molar-refractivity contribution < 1.29 is 22.7 Å². The van der Waals surface area contributed by atoms with E-state index in [1.54, 1.807) is 36.4 Å². The number of ketones is 1. The van der Waals surface area contributed by atoms with Crippen molar-refractivity contribution in [2.75, 3.05) is 0 Å². The molecule has 0 heterocycles. The van der Waals surface area contributed by atoms with E-state index in [9.17, 15) is 18.0 Å². The van der Waals surface area contributed by atoms with Crippen LogP contribution in [-0.4, -0.2) is 12.0 Å². The Morgan fingerprint density at radius 2 is 0.667 bits per heavy atom. The lowest BCUT2D eigenvalue weighted by Gasteiger charge is -2.34. The smallest absolute Gasteiger partial charge is 0.402 e. The van der Waals surface area contributed by atoms with Gasteiger partial charge in [-0.1, -0.05) is 72.8 Å². The molecule has 0 spiro atoms. The number of hydrogen-bond donors (Lipinski definition) is 0. The molecule has 0 aliphatic carbocycles. The summed E-state index contributed by atoms with van der Waals surface area (Å²) in [5, 5.41) is 0. The van der Waals surface area contributed by atoms with E-state index in [-0.39, 0.29) is 16.9 Å². The SMILES string of the molecule is Cc1ccc(C(=O)c2ccc(C)c(C)c2)cc1C.Cc1ccc(C(C)(c2ccc(C)c(C)c2)C(F)(F)F)cc1C.Cc1ccc(Oc2ccc(C)c(C)c2)cc1C. The number of carbonyl (C=O) groups is 1. The van der Waals surface area contributed by atoms with Crippen LogP contribution < -0.4 is 4.74 Å². The van der Waals surface area contributed by atoms with Gasteiger partial charge in [-0.05, 0) is 204 Å². The molecule has 0 saturated carbocycles. The van der Waals surface area contributed by atoms with Crippen molar-refractivity contribution in [2.24, 2.45) is 0 Å². The predicted octanol–water partition coefficient (Wildman–Crippen LogP) is 14.7. The van der Waals surface area contributed by atoms with Crippen LogP contribution in [0, 0.1) is 83.1 Å². The predicted molar refractivity (Wildman–Crippen MR) is 232 cm³/mol. The molecular weight excluding hydrogens is 714 g/mol. The first-order valence-corrected chi connectivity index (χ1v) is 19.4. The van der Waals surface area contributed by atoms with Crippen molar-refractivity contribution in [2.45, 2.75) is 102 Å². The molecule has 0 radical (unpaired) electrons. The van der Waals surface area contributed by atoms with Crippen LogP contribution in [0.5, 0.6) is 11.5 Å². The molecule has 0 unspecified atom stereocenters. The Morgan fingerprint density at radius 3 is 0.947 bits per heavy atom. The summed E-state index contributed by atoms with van der Waals surface area (Å²) in [6, 6.07) is 34.1. The summed E-state index contributed by atoms with van der Waals surface area (Å²) in [7, 11) is 0. The Kier molecular flexibility index (Phi) is 14.2. The summed E-state index contributed by atoms with van der Waals surface area (Å²) in [4.78, 5) is 12.4. The lowest BCUT2D eigenvalue weighted by atomic mass is 9.74. The Hall–Kier alpha value is -5.42. The highest BCUT2D eigenvalue weighted by Gasteiger charge is 2.53. The Morgan fingerprint density at radius 1 is 0.386 bits per heavy atom. The topological polar surface area (TPSA) is 26.3 Å². The molecule has 0 aliphatic rings. The van der Waals surface area contributed by atoms with Gasteiger partial charge in [-0.15, -0.1) is 0 Å². The van der Waals surface area contributed by atoms with E-state index in [1.165, 1.54) is 40.3 Å². The zero-order chi connectivity index (χ0) is 42.4. The minimum atomic E-state index is -4.36. The molecule has 0 amide bonds. The van der Waals surface area contributed by atoms with Crippen LogP contribution in [0.2, 0.25) is 0 Å². The van der Waals surface area contributed by atoms with Gasteiger partial charge >= 0.3 is 6.18 Å². The van der Waals surface area contributed by atoms with Gasteiger partial charge in [0, 0.05) is 11.1 Å². The molecule has 0 aliphatic heterocycles. The standard InChI is InChI=1S/C19H21F3.C17H18O.C16H18O/c1-12-6-8-16(10-14(12)3)18(5,19(20,21)22)17-9-7-13(2)15(4)11-17;1-11-5-7-15(9-13(11)3)17(18)16-8-6-12(2)14(4)10-16;1-11-5-7-15(9-13(11)3)17-16-8-6-12(2)14(4)10-16/h6-11H,1-5H3;5-10H,1-4H3;5-10H,1-4H3. The van der Waals surface area contributed by atoms with Crippen LogP contribution in [0.3, 0.4) is 0 Å². The van der Waals surface area contributed by atoms with E-state index in [4.69, 9.17) is 4.74 Å². The molecule has 0 fully saturated rings. The summed E-state index contributed by atoms with van der Waals surface area (Å²) in [5.41, 5.74) is 13.7. The maximum atomic E-state index is 13.9. The highest BCUT2D eigenvalue weighted by molar-refractivity contribution is 6.09. The number of ether oxygens (including phenoxy) is 1.